The van der Waals surface area contributed by atoms with Gasteiger partial charge in [-0.25, -0.2) is 9.18 Å². The second-order valence-corrected chi connectivity index (χ2v) is 7.70. The summed E-state index contributed by atoms with van der Waals surface area (Å²) in [5, 5.41) is 4.08. The predicted octanol–water partition coefficient (Wildman–Crippen LogP) is 1.10. The highest BCUT2D eigenvalue weighted by atomic mass is 19.1. The Balaban J connectivity index is 1.62. The molecule has 1 fully saturated rings. The molecule has 1 atom stereocenters. The van der Waals surface area contributed by atoms with E-state index in [0.29, 0.717) is 30.2 Å². The van der Waals surface area contributed by atoms with Crippen LogP contribution in [0.1, 0.15) is 12.5 Å². The van der Waals surface area contributed by atoms with Crippen molar-refractivity contribution in [3.8, 4) is 5.75 Å². The molecule has 28 heavy (non-hydrogen) atoms. The van der Waals surface area contributed by atoms with Gasteiger partial charge in [-0.2, -0.15) is 9.78 Å². The molecule has 2 aromatic rings. The number of allylic oxidation sites excluding steroid dienone is 1. The van der Waals surface area contributed by atoms with E-state index in [1.807, 2.05) is 6.20 Å². The highest BCUT2D eigenvalue weighted by molar-refractivity contribution is 5.83. The molecule has 0 radical (unpaired) electrons. The zero-order chi connectivity index (χ0) is 19.4. The van der Waals surface area contributed by atoms with Crippen LogP contribution in [0.4, 0.5) is 15.8 Å². The minimum absolute atomic E-state index is 0.0713. The minimum atomic E-state index is -0.301. The van der Waals surface area contributed by atoms with Gasteiger partial charge >= 0.3 is 5.69 Å². The van der Waals surface area contributed by atoms with Crippen LogP contribution < -0.4 is 20.2 Å². The molecule has 1 N–H and O–H groups in total. The van der Waals surface area contributed by atoms with Crippen molar-refractivity contribution < 1.29 is 9.13 Å². The number of nitrogens with zero attached hydrogens (tertiary/aromatic N) is 5. The van der Waals surface area contributed by atoms with Crippen LogP contribution in [0.5, 0.6) is 5.75 Å². The Morgan fingerprint density at radius 3 is 2.75 bits per heavy atom. The summed E-state index contributed by atoms with van der Waals surface area (Å²) in [6.07, 6.45) is 3.72. The highest BCUT2D eigenvalue weighted by Crippen LogP contribution is 2.48. The van der Waals surface area contributed by atoms with Gasteiger partial charge in [0.25, 0.3) is 0 Å². The predicted molar refractivity (Wildman–Crippen MR) is 104 cm³/mol. The van der Waals surface area contributed by atoms with Gasteiger partial charge in [0.2, 0.25) is 0 Å². The van der Waals surface area contributed by atoms with Crippen LogP contribution in [0.25, 0.3) is 5.70 Å². The van der Waals surface area contributed by atoms with E-state index in [9.17, 15) is 4.79 Å². The number of hydrogen-bond donors (Lipinski definition) is 1. The molecule has 4 heterocycles. The van der Waals surface area contributed by atoms with Gasteiger partial charge in [0.1, 0.15) is 18.6 Å². The summed E-state index contributed by atoms with van der Waals surface area (Å²) >= 11 is 0. The number of nitrogens with one attached hydrogen (secondary N) is 1. The first-order valence-corrected chi connectivity index (χ1v) is 9.56. The fourth-order valence-electron chi connectivity index (χ4n) is 4.22. The molecule has 0 saturated carbocycles. The Morgan fingerprint density at radius 2 is 2.04 bits per heavy atom. The standard InChI is InChI=1S/C19H23FN6O2/c1-12-10-28-18-16-13(7-14(9-25(12)16)26-19(27)21-11-22-26)8-15(20)17(18)24-5-3-23(2)4-6-24/h8-9,11-12H,3-7,10H2,1-2H3,(H,21,22,27)/t12-/m0/s1. The molecule has 0 spiro atoms. The summed E-state index contributed by atoms with van der Waals surface area (Å²) in [6, 6.07) is 1.66. The first kappa shape index (κ1) is 17.3. The van der Waals surface area contributed by atoms with Crippen molar-refractivity contribution >= 4 is 17.1 Å². The number of benzene rings is 1. The first-order valence-electron chi connectivity index (χ1n) is 9.56. The second kappa shape index (κ2) is 6.37. The quantitative estimate of drug-likeness (QED) is 0.834. The molecule has 3 aliphatic heterocycles. The minimum Gasteiger partial charge on any atom is -0.487 e. The van der Waals surface area contributed by atoms with Gasteiger partial charge in [-0.15, -0.1) is 0 Å². The number of piperazine rings is 1. The van der Waals surface area contributed by atoms with Crippen molar-refractivity contribution in [2.24, 2.45) is 0 Å². The van der Waals surface area contributed by atoms with E-state index in [-0.39, 0.29) is 17.5 Å². The highest BCUT2D eigenvalue weighted by Gasteiger charge is 2.35. The average Bonchev–Trinajstić information content (AvgIpc) is 3.11. The average molecular weight is 386 g/mol. The molecule has 5 rings (SSSR count). The van der Waals surface area contributed by atoms with Gasteiger partial charge in [-0.1, -0.05) is 0 Å². The van der Waals surface area contributed by atoms with Crippen LogP contribution in [0, 0.1) is 5.82 Å². The second-order valence-electron chi connectivity index (χ2n) is 7.70. The molecular weight excluding hydrogens is 363 g/mol. The van der Waals surface area contributed by atoms with Gasteiger partial charge in [0.15, 0.2) is 11.6 Å². The van der Waals surface area contributed by atoms with E-state index >= 15 is 4.39 Å². The maximum atomic E-state index is 15.2. The molecule has 0 aliphatic carbocycles. The maximum absolute atomic E-state index is 15.2. The van der Waals surface area contributed by atoms with E-state index in [1.165, 1.54) is 11.0 Å². The zero-order valence-electron chi connectivity index (χ0n) is 16.0. The third-order valence-electron chi connectivity index (χ3n) is 5.77. The number of aromatic nitrogens is 3. The maximum Gasteiger partial charge on any atom is 0.347 e. The van der Waals surface area contributed by atoms with Crippen LogP contribution in [-0.2, 0) is 6.42 Å². The Hall–Kier alpha value is -2.81. The Morgan fingerprint density at radius 1 is 1.25 bits per heavy atom. The summed E-state index contributed by atoms with van der Waals surface area (Å²) in [5.74, 6) is 0.339. The van der Waals surface area contributed by atoms with E-state index in [0.717, 1.165) is 37.4 Å². The number of anilines is 2. The third-order valence-corrected chi connectivity index (χ3v) is 5.77. The van der Waals surface area contributed by atoms with Gasteiger partial charge in [0.05, 0.1) is 17.4 Å². The van der Waals surface area contributed by atoms with Gasteiger partial charge in [-0.3, -0.25) is 4.98 Å². The summed E-state index contributed by atoms with van der Waals surface area (Å²) in [7, 11) is 2.08. The summed E-state index contributed by atoms with van der Waals surface area (Å²) in [5.41, 5.74) is 2.68. The normalized spacial score (nSPS) is 22.0. The molecule has 3 aliphatic rings. The van der Waals surface area contributed by atoms with Crippen LogP contribution in [0.3, 0.4) is 0 Å². The van der Waals surface area contributed by atoms with Crippen molar-refractivity contribution in [1.29, 1.82) is 0 Å². The lowest BCUT2D eigenvalue weighted by molar-refractivity contribution is 0.271. The Kier molecular flexibility index (Phi) is 3.94. The number of rotatable bonds is 2. The van der Waals surface area contributed by atoms with Crippen molar-refractivity contribution in [2.75, 3.05) is 49.6 Å². The van der Waals surface area contributed by atoms with Crippen LogP contribution in [0.2, 0.25) is 0 Å². The summed E-state index contributed by atoms with van der Waals surface area (Å²) in [4.78, 5) is 21.0. The number of halogens is 1. The topological polar surface area (TPSA) is 69.6 Å². The van der Waals surface area contributed by atoms with E-state index < -0.39 is 0 Å². The monoisotopic (exact) mass is 386 g/mol. The van der Waals surface area contributed by atoms with Crippen LogP contribution >= 0.6 is 0 Å². The molecule has 1 saturated heterocycles. The third kappa shape index (κ3) is 2.61. The van der Waals surface area contributed by atoms with E-state index in [2.05, 4.69) is 38.8 Å². The molecule has 148 valence electrons. The van der Waals surface area contributed by atoms with Crippen LogP contribution in [-0.4, -0.2) is 65.5 Å². The van der Waals surface area contributed by atoms with Crippen molar-refractivity contribution in [1.82, 2.24) is 19.7 Å². The lowest BCUT2D eigenvalue weighted by Gasteiger charge is -2.42. The molecule has 9 heteroatoms. The smallest absolute Gasteiger partial charge is 0.347 e. The molecule has 8 nitrogen and oxygen atoms in total. The Labute approximate surface area is 161 Å². The zero-order valence-corrected chi connectivity index (χ0v) is 16.0. The summed E-state index contributed by atoms with van der Waals surface area (Å²) < 4.78 is 22.6. The number of H-pyrrole nitrogens is 1. The molecule has 1 aromatic heterocycles. The first-order chi connectivity index (χ1) is 13.5. The summed E-state index contributed by atoms with van der Waals surface area (Å²) in [6.45, 7) is 5.82. The molecule has 0 bridgehead atoms. The van der Waals surface area contributed by atoms with Gasteiger partial charge in [-0.05, 0) is 25.6 Å². The SMILES string of the molecule is C[C@H]1COc2c(N3CCN(C)CC3)c(F)cc3c2N1C=C(n1nc[nH]c1=O)C3. The fourth-order valence-corrected chi connectivity index (χ4v) is 4.22. The van der Waals surface area contributed by atoms with Crippen molar-refractivity contribution in [3.63, 3.8) is 0 Å². The Bertz CT molecular complexity index is 1000. The molecule has 0 unspecified atom stereocenters. The lowest BCUT2D eigenvalue weighted by Crippen LogP contribution is -2.46. The number of hydrogen-bond acceptors (Lipinski definition) is 6. The lowest BCUT2D eigenvalue weighted by atomic mass is 9.98. The van der Waals surface area contributed by atoms with E-state index in [4.69, 9.17) is 4.74 Å². The van der Waals surface area contributed by atoms with Crippen LogP contribution in [0.15, 0.2) is 23.4 Å². The molecule has 0 amide bonds. The van der Waals surface area contributed by atoms with Gasteiger partial charge in [0, 0.05) is 38.8 Å². The van der Waals surface area contributed by atoms with Gasteiger partial charge < -0.3 is 19.4 Å². The fraction of sp³-hybridized carbons (Fsp3) is 0.474. The molecular formula is C19H23FN6O2. The van der Waals surface area contributed by atoms with Crippen molar-refractivity contribution in [3.05, 3.63) is 40.5 Å². The number of likely N-dealkylation sites (N-methyl/N-ethyl adjacent to an activating group) is 1. The van der Waals surface area contributed by atoms with Crippen molar-refractivity contribution in [2.45, 2.75) is 19.4 Å². The molecule has 1 aromatic carbocycles. The largest absolute Gasteiger partial charge is 0.487 e. The van der Waals surface area contributed by atoms with E-state index in [1.54, 1.807) is 6.07 Å². The number of ether oxygens (including phenoxy) is 1. The number of aromatic amines is 1.